The van der Waals surface area contributed by atoms with E-state index in [0.717, 1.165) is 0 Å². The summed E-state index contributed by atoms with van der Waals surface area (Å²) in [5, 5.41) is 1.84. The Morgan fingerprint density at radius 2 is 2.13 bits per heavy atom. The number of nitrogens with two attached hydrogens (primary N) is 1. The van der Waals surface area contributed by atoms with Gasteiger partial charge in [-0.25, -0.2) is 8.42 Å². The number of rotatable bonds is 1. The molecule has 2 rings (SSSR count). The first-order valence-electron chi connectivity index (χ1n) is 4.76. The summed E-state index contributed by atoms with van der Waals surface area (Å²) in [7, 11) is -2.87. The minimum absolute atomic E-state index is 0. The summed E-state index contributed by atoms with van der Waals surface area (Å²) in [5.74, 6) is 0.361. The highest BCUT2D eigenvalue weighted by molar-refractivity contribution is 7.91. The molecule has 0 amide bonds. The summed E-state index contributed by atoms with van der Waals surface area (Å²) in [5.41, 5.74) is 0. The number of fused-ring (bicyclic) bond motifs is 1. The highest BCUT2D eigenvalue weighted by Crippen LogP contribution is 2.16. The molecule has 15 heavy (non-hydrogen) atoms. The topological polar surface area (TPSA) is 72.3 Å². The van der Waals surface area contributed by atoms with Crippen molar-refractivity contribution >= 4 is 15.9 Å². The van der Waals surface area contributed by atoms with Gasteiger partial charge in [-0.2, -0.15) is 4.99 Å². The number of hydrogen-bond acceptors (Lipinski definition) is 4. The maximum Gasteiger partial charge on any atom is 0.391 e. The van der Waals surface area contributed by atoms with E-state index < -0.39 is 9.84 Å². The Kier molecular flexibility index (Phi) is 3.99. The molecule has 2 saturated heterocycles. The average molecular weight is 346 g/mol. The fourth-order valence-electron chi connectivity index (χ4n) is 1.82. The zero-order valence-corrected chi connectivity index (χ0v) is 11.7. The summed E-state index contributed by atoms with van der Waals surface area (Å²) >= 11 is 0. The van der Waals surface area contributed by atoms with Crippen molar-refractivity contribution in [2.24, 2.45) is 4.99 Å². The number of aliphatic imine (C=N–C) groups is 1. The molecule has 7 heteroatoms. The molecule has 2 heterocycles. The second-order valence-corrected chi connectivity index (χ2v) is 6.28. The van der Waals surface area contributed by atoms with Crippen LogP contribution >= 0.6 is 0 Å². The highest BCUT2D eigenvalue weighted by atomic mass is 127. The molecule has 0 aromatic carbocycles. The summed E-state index contributed by atoms with van der Waals surface area (Å²) in [6.45, 7) is 3.93. The van der Waals surface area contributed by atoms with Crippen molar-refractivity contribution in [3.05, 3.63) is 0 Å². The molecule has 88 valence electrons. The molecule has 2 aliphatic heterocycles. The molecule has 0 aromatic rings. The Morgan fingerprint density at radius 3 is 2.67 bits per heavy atom. The number of hydrogen-bond donors (Lipinski definition) is 1. The monoisotopic (exact) mass is 346 g/mol. The minimum Gasteiger partial charge on any atom is -1.00 e. The Morgan fingerprint density at radius 1 is 1.47 bits per heavy atom. The van der Waals surface area contributed by atoms with Gasteiger partial charge in [0.2, 0.25) is 0 Å². The molecule has 2 N–H and O–H groups in total. The van der Waals surface area contributed by atoms with Crippen LogP contribution in [0, 0.1) is 0 Å². The first-order chi connectivity index (χ1) is 6.46. The summed E-state index contributed by atoms with van der Waals surface area (Å²) in [6.07, 6.45) is -0.183. The predicted molar refractivity (Wildman–Crippen MR) is 51.8 cm³/mol. The summed E-state index contributed by atoms with van der Waals surface area (Å²) < 4.78 is 27.9. The van der Waals surface area contributed by atoms with Crippen LogP contribution in [0.4, 0.5) is 0 Å². The lowest BCUT2D eigenvalue weighted by molar-refractivity contribution is -0.565. The van der Waals surface area contributed by atoms with E-state index in [1.165, 1.54) is 0 Å². The van der Waals surface area contributed by atoms with Gasteiger partial charge in [-0.05, 0) is 13.8 Å². The van der Waals surface area contributed by atoms with Gasteiger partial charge >= 0.3 is 6.02 Å². The molecule has 0 aliphatic carbocycles. The third-order valence-corrected chi connectivity index (χ3v) is 4.09. The highest BCUT2D eigenvalue weighted by Gasteiger charge is 2.48. The second-order valence-electron chi connectivity index (χ2n) is 4.12. The Hall–Kier alpha value is 0.110. The van der Waals surface area contributed by atoms with Gasteiger partial charge < -0.3 is 28.7 Å². The van der Waals surface area contributed by atoms with Crippen LogP contribution in [0.1, 0.15) is 13.8 Å². The van der Waals surface area contributed by atoms with E-state index in [9.17, 15) is 8.42 Å². The summed E-state index contributed by atoms with van der Waals surface area (Å²) in [4.78, 5) is 4.25. The van der Waals surface area contributed by atoms with E-state index in [4.69, 9.17) is 4.74 Å². The molecular formula is C8H15IN2O3S. The maximum atomic E-state index is 11.2. The van der Waals surface area contributed by atoms with Crippen LogP contribution in [0.3, 0.4) is 0 Å². The van der Waals surface area contributed by atoms with Crippen LogP contribution in [0.25, 0.3) is 0 Å². The first-order valence-corrected chi connectivity index (χ1v) is 6.58. The van der Waals surface area contributed by atoms with Crippen LogP contribution in [-0.4, -0.2) is 44.1 Å². The normalized spacial score (nSPS) is 35.0. The predicted octanol–water partition coefficient (Wildman–Crippen LogP) is -4.49. The molecule has 2 atom stereocenters. The molecule has 0 unspecified atom stereocenters. The molecule has 2 fully saturated rings. The molecule has 0 saturated carbocycles. The molecular weight excluding hydrogens is 331 g/mol. The van der Waals surface area contributed by atoms with Crippen LogP contribution < -0.4 is 29.3 Å². The quantitative estimate of drug-likeness (QED) is 0.487. The Labute approximate surface area is 107 Å². The molecule has 0 aromatic heterocycles. The fourth-order valence-corrected chi connectivity index (χ4v) is 3.67. The molecule has 0 radical (unpaired) electrons. The van der Waals surface area contributed by atoms with Crippen LogP contribution in [-0.2, 0) is 14.6 Å². The van der Waals surface area contributed by atoms with Crippen molar-refractivity contribution in [1.82, 2.24) is 0 Å². The SMILES string of the molecule is CC(C)N=C1[NH2+][C@@H]2CS(=O)(=O)C[C@H]2O1.[I-]. The van der Waals surface area contributed by atoms with Gasteiger partial charge in [0.15, 0.2) is 15.9 Å². The number of sulfone groups is 1. The third-order valence-electron chi connectivity index (χ3n) is 2.36. The van der Waals surface area contributed by atoms with E-state index in [1.54, 1.807) is 0 Å². The van der Waals surface area contributed by atoms with E-state index in [1.807, 2.05) is 19.2 Å². The van der Waals surface area contributed by atoms with Crippen LogP contribution in [0.2, 0.25) is 0 Å². The van der Waals surface area contributed by atoms with Gasteiger partial charge in [0.05, 0.1) is 11.8 Å². The number of nitrogens with zero attached hydrogens (tertiary/aromatic N) is 1. The van der Waals surface area contributed by atoms with Crippen molar-refractivity contribution in [3.63, 3.8) is 0 Å². The zero-order valence-electron chi connectivity index (χ0n) is 8.68. The summed E-state index contributed by atoms with van der Waals surface area (Å²) in [6, 6.07) is 0.832. The lowest BCUT2D eigenvalue weighted by Crippen LogP contribution is -3.00. The van der Waals surface area contributed by atoms with Crippen LogP contribution in [0.5, 0.6) is 0 Å². The molecule has 5 nitrogen and oxygen atoms in total. The second kappa shape index (κ2) is 4.54. The van der Waals surface area contributed by atoms with Gasteiger partial charge in [-0.1, -0.05) is 0 Å². The van der Waals surface area contributed by atoms with Crippen molar-refractivity contribution in [3.8, 4) is 0 Å². The standard InChI is InChI=1S/C8H14N2O3S.HI/c1-5(2)9-8-10-6-3-14(11,12)4-7(6)13-8;/h5-7H,3-4H2,1-2H3,(H,9,10);1H/t6-,7-;/m1./s1. The lowest BCUT2D eigenvalue weighted by atomic mass is 10.2. The van der Waals surface area contributed by atoms with E-state index >= 15 is 0 Å². The molecule has 0 spiro atoms. The van der Waals surface area contributed by atoms with Crippen LogP contribution in [0.15, 0.2) is 4.99 Å². The first kappa shape index (κ1) is 13.2. The zero-order chi connectivity index (χ0) is 10.3. The lowest BCUT2D eigenvalue weighted by Gasteiger charge is -2.00. The number of halogens is 1. The van der Waals surface area contributed by atoms with Gasteiger partial charge in [0, 0.05) is 0 Å². The number of quaternary nitrogens is 1. The largest absolute Gasteiger partial charge is 1.00 e. The molecule has 2 aliphatic rings. The minimum atomic E-state index is -2.87. The van der Waals surface area contributed by atoms with E-state index in [-0.39, 0.29) is 53.7 Å². The van der Waals surface area contributed by atoms with Crippen molar-refractivity contribution in [1.29, 1.82) is 0 Å². The van der Waals surface area contributed by atoms with Gasteiger partial charge in [0.25, 0.3) is 0 Å². The van der Waals surface area contributed by atoms with Gasteiger partial charge in [0.1, 0.15) is 11.8 Å². The maximum absolute atomic E-state index is 11.2. The number of amidine groups is 1. The van der Waals surface area contributed by atoms with Gasteiger partial charge in [-0.3, -0.25) is 5.32 Å². The van der Waals surface area contributed by atoms with Gasteiger partial charge in [-0.15, -0.1) is 0 Å². The van der Waals surface area contributed by atoms with E-state index in [2.05, 4.69) is 4.99 Å². The Bertz CT molecular complexity index is 344. The number of ether oxygens (including phenoxy) is 1. The smallest absolute Gasteiger partial charge is 0.391 e. The average Bonchev–Trinajstić information content (AvgIpc) is 2.38. The van der Waals surface area contributed by atoms with E-state index in [0.29, 0.717) is 6.02 Å². The van der Waals surface area contributed by atoms with Crippen molar-refractivity contribution in [2.45, 2.75) is 32.0 Å². The van der Waals surface area contributed by atoms with Crippen molar-refractivity contribution in [2.75, 3.05) is 11.5 Å². The fraction of sp³-hybridized carbons (Fsp3) is 0.875. The molecule has 0 bridgehead atoms. The van der Waals surface area contributed by atoms with Crippen molar-refractivity contribution < 1.29 is 42.4 Å². The Balaban J connectivity index is 0.00000112. The third kappa shape index (κ3) is 3.04.